The van der Waals surface area contributed by atoms with Gasteiger partial charge in [0.2, 0.25) is 0 Å². The third kappa shape index (κ3) is 10.3. The molecule has 4 N–H and O–H groups in total. The first-order valence-electron chi connectivity index (χ1n) is 8.15. The first-order chi connectivity index (χ1) is 10.2. The molecule has 4 heteroatoms. The van der Waals surface area contributed by atoms with Crippen molar-refractivity contribution in [3.05, 3.63) is 36.8 Å². The van der Waals surface area contributed by atoms with Gasteiger partial charge in [-0.1, -0.05) is 47.4 Å². The Kier molecular flexibility index (Phi) is 9.66. The standard InChI is InChI=1S/C18H36N4/c1-8-10-20-15(2)13-22(14-16(3)21-11-9-19)17(4)12-18(5,6)7/h20-21H,2-4,8-14,19H2,1,5-7H3. The predicted molar refractivity (Wildman–Crippen MR) is 98.4 cm³/mol. The first-order valence-corrected chi connectivity index (χ1v) is 8.15. The van der Waals surface area contributed by atoms with Gasteiger partial charge in [0.25, 0.3) is 0 Å². The lowest BCUT2D eigenvalue weighted by molar-refractivity contribution is 0.313. The van der Waals surface area contributed by atoms with Crippen molar-refractivity contribution in [3.8, 4) is 0 Å². The lowest BCUT2D eigenvalue weighted by Crippen LogP contribution is -2.35. The molecule has 0 rings (SSSR count). The average Bonchev–Trinajstić information content (AvgIpc) is 2.40. The van der Waals surface area contributed by atoms with Crippen LogP contribution in [0.1, 0.15) is 40.5 Å². The number of nitrogens with one attached hydrogen (secondary N) is 2. The molecule has 0 aliphatic heterocycles. The molecule has 4 nitrogen and oxygen atoms in total. The largest absolute Gasteiger partial charge is 0.387 e. The van der Waals surface area contributed by atoms with Gasteiger partial charge in [0.1, 0.15) is 0 Å². The molecule has 0 aromatic carbocycles. The van der Waals surface area contributed by atoms with Gasteiger partial charge in [0.05, 0.1) is 13.1 Å². The Hall–Kier alpha value is -1.42. The monoisotopic (exact) mass is 308 g/mol. The highest BCUT2D eigenvalue weighted by Gasteiger charge is 2.17. The number of hydrogen-bond acceptors (Lipinski definition) is 4. The molecule has 0 aliphatic carbocycles. The van der Waals surface area contributed by atoms with Crippen LogP contribution in [-0.4, -0.2) is 37.6 Å². The van der Waals surface area contributed by atoms with Crippen molar-refractivity contribution in [1.29, 1.82) is 0 Å². The van der Waals surface area contributed by atoms with Crippen molar-refractivity contribution in [2.24, 2.45) is 11.1 Å². The Bertz CT molecular complexity index is 344. The Labute approximate surface area is 137 Å². The summed E-state index contributed by atoms with van der Waals surface area (Å²) in [6.07, 6.45) is 2.03. The SMILES string of the molecule is C=C(CN(CC(=C)NCCN)C(=C)CC(C)(C)C)NCCC. The van der Waals surface area contributed by atoms with Crippen LogP contribution in [0.2, 0.25) is 0 Å². The van der Waals surface area contributed by atoms with Crippen LogP contribution in [0.3, 0.4) is 0 Å². The highest BCUT2D eigenvalue weighted by atomic mass is 15.2. The lowest BCUT2D eigenvalue weighted by atomic mass is 9.90. The summed E-state index contributed by atoms with van der Waals surface area (Å²) in [6.45, 7) is 25.1. The fourth-order valence-electron chi connectivity index (χ4n) is 2.13. The molecule has 0 saturated heterocycles. The molecule has 0 heterocycles. The van der Waals surface area contributed by atoms with Crippen LogP contribution in [0, 0.1) is 5.41 Å². The van der Waals surface area contributed by atoms with Gasteiger partial charge in [-0.25, -0.2) is 0 Å². The van der Waals surface area contributed by atoms with Crippen LogP contribution >= 0.6 is 0 Å². The molecule has 0 aliphatic rings. The highest BCUT2D eigenvalue weighted by molar-refractivity contribution is 5.08. The second-order valence-corrected chi connectivity index (χ2v) is 7.01. The molecular formula is C18H36N4. The van der Waals surface area contributed by atoms with Crippen molar-refractivity contribution >= 4 is 0 Å². The summed E-state index contributed by atoms with van der Waals surface area (Å²) < 4.78 is 0. The molecule has 0 aromatic rings. The Morgan fingerprint density at radius 2 is 1.50 bits per heavy atom. The quantitative estimate of drug-likeness (QED) is 0.519. The summed E-state index contributed by atoms with van der Waals surface area (Å²) >= 11 is 0. The van der Waals surface area contributed by atoms with Gasteiger partial charge in [0, 0.05) is 36.7 Å². The van der Waals surface area contributed by atoms with Gasteiger partial charge in [-0.05, 0) is 18.3 Å². The zero-order valence-electron chi connectivity index (χ0n) is 15.1. The number of rotatable bonds is 12. The van der Waals surface area contributed by atoms with Crippen LogP contribution in [0.15, 0.2) is 36.8 Å². The molecule has 0 fully saturated rings. The smallest absolute Gasteiger partial charge is 0.0571 e. The molecule has 0 radical (unpaired) electrons. The second-order valence-electron chi connectivity index (χ2n) is 7.01. The van der Waals surface area contributed by atoms with E-state index >= 15 is 0 Å². The number of nitrogens with zero attached hydrogens (tertiary/aromatic N) is 1. The molecule has 128 valence electrons. The second kappa shape index (κ2) is 10.3. The zero-order chi connectivity index (χ0) is 17.2. The third-order valence-corrected chi connectivity index (χ3v) is 3.09. The maximum absolute atomic E-state index is 5.53. The first kappa shape index (κ1) is 20.6. The summed E-state index contributed by atoms with van der Waals surface area (Å²) in [5, 5.41) is 6.59. The Morgan fingerprint density at radius 1 is 1.00 bits per heavy atom. The van der Waals surface area contributed by atoms with Crippen LogP contribution in [0.4, 0.5) is 0 Å². The van der Waals surface area contributed by atoms with E-state index in [1.54, 1.807) is 0 Å². The summed E-state index contributed by atoms with van der Waals surface area (Å²) in [7, 11) is 0. The van der Waals surface area contributed by atoms with E-state index in [0.29, 0.717) is 6.54 Å². The van der Waals surface area contributed by atoms with Gasteiger partial charge < -0.3 is 21.3 Å². The van der Waals surface area contributed by atoms with Crippen molar-refractivity contribution < 1.29 is 0 Å². The summed E-state index contributed by atoms with van der Waals surface area (Å²) in [5.74, 6) is 0. The molecule has 0 unspecified atom stereocenters. The van der Waals surface area contributed by atoms with Gasteiger partial charge in [0.15, 0.2) is 0 Å². The van der Waals surface area contributed by atoms with E-state index in [1.807, 2.05) is 0 Å². The number of hydrogen-bond donors (Lipinski definition) is 3. The van der Waals surface area contributed by atoms with Crippen LogP contribution in [-0.2, 0) is 0 Å². The normalized spacial score (nSPS) is 11.0. The highest BCUT2D eigenvalue weighted by Crippen LogP contribution is 2.25. The predicted octanol–water partition coefficient (Wildman–Crippen LogP) is 2.81. The molecule has 0 spiro atoms. The minimum absolute atomic E-state index is 0.208. The molecule has 22 heavy (non-hydrogen) atoms. The molecule has 0 bridgehead atoms. The fraction of sp³-hybridized carbons (Fsp3) is 0.667. The minimum Gasteiger partial charge on any atom is -0.387 e. The maximum atomic E-state index is 5.53. The molecule has 0 atom stereocenters. The van der Waals surface area contributed by atoms with Gasteiger partial charge >= 0.3 is 0 Å². The molecule has 0 aromatic heterocycles. The van der Waals surface area contributed by atoms with E-state index in [2.05, 4.69) is 63.0 Å². The van der Waals surface area contributed by atoms with E-state index in [-0.39, 0.29) is 5.41 Å². The van der Waals surface area contributed by atoms with Gasteiger partial charge in [-0.15, -0.1) is 0 Å². The molecule has 0 amide bonds. The Morgan fingerprint density at radius 3 is 1.91 bits per heavy atom. The Balaban J connectivity index is 4.71. The van der Waals surface area contributed by atoms with Crippen molar-refractivity contribution in [3.63, 3.8) is 0 Å². The molecular weight excluding hydrogens is 272 g/mol. The van der Waals surface area contributed by atoms with Crippen molar-refractivity contribution in [2.75, 3.05) is 32.7 Å². The van der Waals surface area contributed by atoms with E-state index in [0.717, 1.165) is 56.1 Å². The van der Waals surface area contributed by atoms with E-state index in [4.69, 9.17) is 5.73 Å². The van der Waals surface area contributed by atoms with Crippen LogP contribution in [0.25, 0.3) is 0 Å². The van der Waals surface area contributed by atoms with Gasteiger partial charge in [-0.2, -0.15) is 0 Å². The zero-order valence-corrected chi connectivity index (χ0v) is 15.1. The average molecular weight is 309 g/mol. The van der Waals surface area contributed by atoms with E-state index in [1.165, 1.54) is 0 Å². The maximum Gasteiger partial charge on any atom is 0.0571 e. The summed E-state index contributed by atoms with van der Waals surface area (Å²) in [5.41, 5.74) is 8.83. The molecule has 0 saturated carbocycles. The van der Waals surface area contributed by atoms with Crippen LogP contribution < -0.4 is 16.4 Å². The van der Waals surface area contributed by atoms with Crippen LogP contribution in [0.5, 0.6) is 0 Å². The number of allylic oxidation sites excluding steroid dienone is 1. The van der Waals surface area contributed by atoms with Crippen molar-refractivity contribution in [1.82, 2.24) is 15.5 Å². The minimum atomic E-state index is 0.208. The summed E-state index contributed by atoms with van der Waals surface area (Å²) in [4.78, 5) is 2.24. The van der Waals surface area contributed by atoms with Gasteiger partial charge in [-0.3, -0.25) is 0 Å². The number of nitrogens with two attached hydrogens (primary N) is 1. The topological polar surface area (TPSA) is 53.3 Å². The lowest BCUT2D eigenvalue weighted by Gasteiger charge is -2.32. The van der Waals surface area contributed by atoms with E-state index in [9.17, 15) is 0 Å². The fourth-order valence-corrected chi connectivity index (χ4v) is 2.13. The van der Waals surface area contributed by atoms with E-state index < -0.39 is 0 Å². The summed E-state index contributed by atoms with van der Waals surface area (Å²) in [6, 6.07) is 0. The van der Waals surface area contributed by atoms with Crippen molar-refractivity contribution in [2.45, 2.75) is 40.5 Å². The third-order valence-electron chi connectivity index (χ3n) is 3.09.